The molecule has 136 valence electrons. The Bertz CT molecular complexity index is 975. The number of nitrogen functional groups attached to an aromatic ring is 1. The van der Waals surface area contributed by atoms with E-state index in [1.807, 2.05) is 43.3 Å². The van der Waals surface area contributed by atoms with E-state index in [1.54, 1.807) is 30.7 Å². The predicted molar refractivity (Wildman–Crippen MR) is 105 cm³/mol. The topological polar surface area (TPSA) is 87.1 Å². The lowest BCUT2D eigenvalue weighted by Gasteiger charge is -2.04. The maximum Gasteiger partial charge on any atom is 0.170 e. The van der Waals surface area contributed by atoms with Gasteiger partial charge in [-0.3, -0.25) is 4.98 Å². The van der Waals surface area contributed by atoms with Gasteiger partial charge in [0.1, 0.15) is 17.3 Å². The van der Waals surface area contributed by atoms with Gasteiger partial charge in [-0.25, -0.2) is 4.98 Å². The van der Waals surface area contributed by atoms with Gasteiger partial charge in [-0.2, -0.15) is 0 Å². The van der Waals surface area contributed by atoms with Crippen molar-refractivity contribution in [3.8, 4) is 17.1 Å². The van der Waals surface area contributed by atoms with Gasteiger partial charge in [0.25, 0.3) is 0 Å². The van der Waals surface area contributed by atoms with Crippen LogP contribution in [-0.4, -0.2) is 15.1 Å². The molecule has 27 heavy (non-hydrogen) atoms. The summed E-state index contributed by atoms with van der Waals surface area (Å²) in [4.78, 5) is 8.08. The standard InChI is InChI=1S/C21H20N4O2/c1-3-16(9-8-15(2)26-18-6-4-10-23-14-18)12-17-13-20(27-25-17)19-7-5-11-24-21(19)22/h3-11,13-14H,1,12H2,2H3,(H2,22,24)/b15-8+,16-9+. The number of nitrogens with zero attached hydrogens (tertiary/aromatic N) is 3. The molecule has 0 fully saturated rings. The average molecular weight is 360 g/mol. The van der Waals surface area contributed by atoms with Gasteiger partial charge in [-0.1, -0.05) is 23.9 Å². The molecular weight excluding hydrogens is 340 g/mol. The second-order valence-electron chi connectivity index (χ2n) is 5.81. The average Bonchev–Trinajstić information content (AvgIpc) is 3.14. The minimum atomic E-state index is 0.408. The zero-order valence-electron chi connectivity index (χ0n) is 15.0. The summed E-state index contributed by atoms with van der Waals surface area (Å²) in [7, 11) is 0. The number of allylic oxidation sites excluding steroid dienone is 5. The fraction of sp³-hybridized carbons (Fsp3) is 0.0952. The molecule has 0 spiro atoms. The molecule has 2 N–H and O–H groups in total. The third-order valence-electron chi connectivity index (χ3n) is 3.76. The lowest BCUT2D eigenvalue weighted by molar-refractivity contribution is 0.425. The first-order valence-corrected chi connectivity index (χ1v) is 8.40. The van der Waals surface area contributed by atoms with Crippen molar-refractivity contribution in [3.05, 3.63) is 90.8 Å². The van der Waals surface area contributed by atoms with Crippen LogP contribution in [0.3, 0.4) is 0 Å². The van der Waals surface area contributed by atoms with Crippen molar-refractivity contribution in [1.29, 1.82) is 0 Å². The largest absolute Gasteiger partial charge is 0.460 e. The Kier molecular flexibility index (Phi) is 5.79. The van der Waals surface area contributed by atoms with E-state index in [-0.39, 0.29) is 0 Å². The molecule has 6 heteroatoms. The van der Waals surface area contributed by atoms with Crippen molar-refractivity contribution in [2.45, 2.75) is 13.3 Å². The molecule has 0 aliphatic heterocycles. The Morgan fingerprint density at radius 2 is 2.11 bits per heavy atom. The van der Waals surface area contributed by atoms with Gasteiger partial charge in [-0.05, 0) is 42.8 Å². The summed E-state index contributed by atoms with van der Waals surface area (Å²) in [6.07, 6.45) is 11.2. The third-order valence-corrected chi connectivity index (χ3v) is 3.76. The number of nitrogens with two attached hydrogens (primary N) is 1. The van der Waals surface area contributed by atoms with Crippen LogP contribution in [0, 0.1) is 0 Å². The van der Waals surface area contributed by atoms with Crippen LogP contribution in [0.4, 0.5) is 5.82 Å². The molecule has 3 aromatic heterocycles. The van der Waals surface area contributed by atoms with Crippen LogP contribution in [0.1, 0.15) is 12.6 Å². The fourth-order valence-corrected chi connectivity index (χ4v) is 2.41. The Morgan fingerprint density at radius 1 is 1.26 bits per heavy atom. The fourth-order valence-electron chi connectivity index (χ4n) is 2.41. The Morgan fingerprint density at radius 3 is 2.85 bits per heavy atom. The minimum absolute atomic E-state index is 0.408. The van der Waals surface area contributed by atoms with Crippen LogP contribution in [0.2, 0.25) is 0 Å². The predicted octanol–water partition coefficient (Wildman–Crippen LogP) is 4.35. The number of aromatic nitrogens is 3. The van der Waals surface area contributed by atoms with E-state index in [1.165, 1.54) is 0 Å². The summed E-state index contributed by atoms with van der Waals surface area (Å²) in [5.74, 6) is 2.43. The van der Waals surface area contributed by atoms with Gasteiger partial charge in [-0.15, -0.1) is 0 Å². The van der Waals surface area contributed by atoms with Crippen molar-refractivity contribution >= 4 is 5.82 Å². The summed E-state index contributed by atoms with van der Waals surface area (Å²) >= 11 is 0. The van der Waals surface area contributed by atoms with Crippen LogP contribution in [0.5, 0.6) is 5.75 Å². The molecule has 0 saturated heterocycles. The smallest absolute Gasteiger partial charge is 0.170 e. The molecule has 0 saturated carbocycles. The van der Waals surface area contributed by atoms with E-state index in [0.29, 0.717) is 23.7 Å². The molecule has 0 unspecified atom stereocenters. The second kappa shape index (κ2) is 8.62. The second-order valence-corrected chi connectivity index (χ2v) is 5.81. The molecule has 3 rings (SSSR count). The van der Waals surface area contributed by atoms with E-state index in [4.69, 9.17) is 15.0 Å². The van der Waals surface area contributed by atoms with Crippen molar-refractivity contribution < 1.29 is 9.26 Å². The summed E-state index contributed by atoms with van der Waals surface area (Å²) in [5.41, 5.74) is 8.36. The van der Waals surface area contributed by atoms with Gasteiger partial charge in [0.05, 0.1) is 17.5 Å². The Balaban J connectivity index is 1.70. The minimum Gasteiger partial charge on any atom is -0.460 e. The molecular formula is C21H20N4O2. The molecule has 0 radical (unpaired) electrons. The molecule has 0 bridgehead atoms. The highest BCUT2D eigenvalue weighted by Gasteiger charge is 2.10. The summed E-state index contributed by atoms with van der Waals surface area (Å²) in [6.45, 7) is 5.74. The van der Waals surface area contributed by atoms with Gasteiger partial charge in [0, 0.05) is 24.9 Å². The lowest BCUT2D eigenvalue weighted by atomic mass is 10.1. The highest BCUT2D eigenvalue weighted by molar-refractivity contribution is 5.69. The molecule has 6 nitrogen and oxygen atoms in total. The summed E-state index contributed by atoms with van der Waals surface area (Å²) in [6, 6.07) is 9.18. The summed E-state index contributed by atoms with van der Waals surface area (Å²) in [5, 5.41) is 4.11. The molecule has 0 amide bonds. The quantitative estimate of drug-likeness (QED) is 0.498. The van der Waals surface area contributed by atoms with Crippen LogP contribution in [0.15, 0.2) is 89.6 Å². The molecule has 0 aliphatic rings. The first kappa shape index (κ1) is 18.1. The molecule has 0 aliphatic carbocycles. The maximum atomic E-state index is 5.88. The normalized spacial score (nSPS) is 12.0. The first-order chi connectivity index (χ1) is 13.2. The number of hydrogen-bond acceptors (Lipinski definition) is 6. The van der Waals surface area contributed by atoms with Crippen molar-refractivity contribution in [1.82, 2.24) is 15.1 Å². The SMILES string of the molecule is C=C/C(=C\C=C(/C)Oc1cccnc1)Cc1cc(-c2cccnc2N)on1. The van der Waals surface area contributed by atoms with Gasteiger partial charge < -0.3 is 15.0 Å². The number of anilines is 1. The molecule has 3 aromatic rings. The van der Waals surface area contributed by atoms with Crippen molar-refractivity contribution in [2.75, 3.05) is 5.73 Å². The third kappa shape index (κ3) is 4.92. The Labute approximate surface area is 157 Å². The van der Waals surface area contributed by atoms with Crippen LogP contribution in [-0.2, 0) is 6.42 Å². The first-order valence-electron chi connectivity index (χ1n) is 8.40. The zero-order valence-corrected chi connectivity index (χ0v) is 15.0. The van der Waals surface area contributed by atoms with Gasteiger partial charge in [0.2, 0.25) is 0 Å². The van der Waals surface area contributed by atoms with Crippen molar-refractivity contribution in [3.63, 3.8) is 0 Å². The van der Waals surface area contributed by atoms with E-state index in [2.05, 4.69) is 21.7 Å². The Hall–Kier alpha value is -3.67. The molecule has 0 aromatic carbocycles. The number of pyridine rings is 2. The van der Waals surface area contributed by atoms with Gasteiger partial charge in [0.15, 0.2) is 5.76 Å². The number of hydrogen-bond donors (Lipinski definition) is 1. The van der Waals surface area contributed by atoms with Crippen molar-refractivity contribution in [2.24, 2.45) is 0 Å². The summed E-state index contributed by atoms with van der Waals surface area (Å²) < 4.78 is 11.1. The van der Waals surface area contributed by atoms with Gasteiger partial charge >= 0.3 is 0 Å². The highest BCUT2D eigenvalue weighted by Crippen LogP contribution is 2.25. The van der Waals surface area contributed by atoms with Crippen LogP contribution < -0.4 is 10.5 Å². The van der Waals surface area contributed by atoms with Crippen LogP contribution >= 0.6 is 0 Å². The maximum absolute atomic E-state index is 5.88. The monoisotopic (exact) mass is 360 g/mol. The number of ether oxygens (including phenoxy) is 1. The lowest BCUT2D eigenvalue weighted by Crippen LogP contribution is -1.92. The number of rotatable bonds is 7. The molecule has 0 atom stereocenters. The van der Waals surface area contributed by atoms with E-state index < -0.39 is 0 Å². The highest BCUT2D eigenvalue weighted by atomic mass is 16.5. The molecule has 3 heterocycles. The van der Waals surface area contributed by atoms with E-state index in [0.717, 1.165) is 22.6 Å². The van der Waals surface area contributed by atoms with E-state index >= 15 is 0 Å². The zero-order chi connectivity index (χ0) is 19.1. The van der Waals surface area contributed by atoms with E-state index in [9.17, 15) is 0 Å². The van der Waals surface area contributed by atoms with Crippen LogP contribution in [0.25, 0.3) is 11.3 Å².